The molecule has 42 heavy (non-hydrogen) atoms. The van der Waals surface area contributed by atoms with Gasteiger partial charge in [0.2, 0.25) is 11.9 Å². The smallest absolute Gasteiger partial charge is 0.324 e. The lowest BCUT2D eigenvalue weighted by molar-refractivity contribution is -0.137. The van der Waals surface area contributed by atoms with E-state index in [-0.39, 0.29) is 29.1 Å². The highest BCUT2D eigenvalue weighted by atomic mass is 19.4. The number of fused-ring (bicyclic) bond motifs is 3. The van der Waals surface area contributed by atoms with E-state index in [1.807, 2.05) is 23.9 Å². The van der Waals surface area contributed by atoms with Gasteiger partial charge in [-0.1, -0.05) is 0 Å². The van der Waals surface area contributed by atoms with Crippen molar-refractivity contribution in [1.82, 2.24) is 39.3 Å². The number of carbonyl (C=O) groups is 1. The predicted octanol–water partition coefficient (Wildman–Crippen LogP) is 4.88. The van der Waals surface area contributed by atoms with Gasteiger partial charge >= 0.3 is 6.18 Å². The van der Waals surface area contributed by atoms with Crippen molar-refractivity contribution < 1.29 is 22.4 Å². The topological polar surface area (TPSA) is 116 Å². The van der Waals surface area contributed by atoms with E-state index in [1.165, 1.54) is 35.2 Å². The largest absolute Gasteiger partial charge is 0.418 e. The maximum absolute atomic E-state index is 14.3. The Hall–Kier alpha value is -4.75. The van der Waals surface area contributed by atoms with Crippen molar-refractivity contribution >= 4 is 17.2 Å². The first-order valence-corrected chi connectivity index (χ1v) is 13.2. The molecule has 0 spiro atoms. The summed E-state index contributed by atoms with van der Waals surface area (Å²) in [6.45, 7) is 4.01. The van der Waals surface area contributed by atoms with E-state index < -0.39 is 40.6 Å². The molecule has 214 valence electrons. The molecule has 2 aliphatic rings. The zero-order valence-electron chi connectivity index (χ0n) is 22.4. The molecule has 5 heterocycles. The van der Waals surface area contributed by atoms with Gasteiger partial charge < -0.3 is 5.32 Å². The van der Waals surface area contributed by atoms with Gasteiger partial charge in [0.25, 0.3) is 0 Å². The van der Waals surface area contributed by atoms with Gasteiger partial charge in [-0.3, -0.25) is 14.5 Å². The molecule has 1 fully saturated rings. The van der Waals surface area contributed by atoms with Crippen LogP contribution in [0.3, 0.4) is 0 Å². The molecular formula is C28H23F4N9O. The molecule has 1 N–H and O–H groups in total. The second-order valence-corrected chi connectivity index (χ2v) is 11.2. The van der Waals surface area contributed by atoms with Crippen LogP contribution in [-0.4, -0.2) is 45.2 Å². The Labute approximate surface area is 235 Å². The molecule has 0 radical (unpaired) electrons. The third-order valence-electron chi connectivity index (χ3n) is 8.23. The second kappa shape index (κ2) is 8.87. The highest BCUT2D eigenvalue weighted by Crippen LogP contribution is 2.50. The van der Waals surface area contributed by atoms with Crippen molar-refractivity contribution in [3.63, 3.8) is 0 Å². The Balaban J connectivity index is 1.27. The molecule has 7 rings (SSSR count). The van der Waals surface area contributed by atoms with E-state index in [4.69, 9.17) is 5.10 Å². The van der Waals surface area contributed by atoms with Crippen LogP contribution in [-0.2, 0) is 21.9 Å². The molecule has 0 aromatic carbocycles. The number of pyridine rings is 1. The number of rotatable bonds is 5. The lowest BCUT2D eigenvalue weighted by Crippen LogP contribution is -2.27. The maximum atomic E-state index is 14.3. The zero-order chi connectivity index (χ0) is 29.4. The summed E-state index contributed by atoms with van der Waals surface area (Å²) in [4.78, 5) is 29.7. The van der Waals surface area contributed by atoms with Crippen molar-refractivity contribution in [2.75, 3.05) is 5.32 Å². The summed E-state index contributed by atoms with van der Waals surface area (Å²) >= 11 is 0. The summed E-state index contributed by atoms with van der Waals surface area (Å²) in [7, 11) is 0. The fourth-order valence-electron chi connectivity index (χ4n) is 5.71. The lowest BCUT2D eigenvalue weighted by Gasteiger charge is -2.24. The Morgan fingerprint density at radius 3 is 2.52 bits per heavy atom. The highest BCUT2D eigenvalue weighted by Gasteiger charge is 2.49. The van der Waals surface area contributed by atoms with Crippen molar-refractivity contribution in [1.29, 1.82) is 0 Å². The van der Waals surface area contributed by atoms with Gasteiger partial charge in [-0.15, -0.1) is 5.10 Å². The van der Waals surface area contributed by atoms with E-state index >= 15 is 0 Å². The molecule has 1 amide bonds. The Bertz CT molecular complexity index is 1860. The Morgan fingerprint density at radius 2 is 1.81 bits per heavy atom. The van der Waals surface area contributed by atoms with E-state index in [0.717, 1.165) is 25.1 Å². The average Bonchev–Trinajstić information content (AvgIpc) is 3.30. The summed E-state index contributed by atoms with van der Waals surface area (Å²) in [5.74, 6) is -2.33. The molecule has 2 atom stereocenters. The number of amides is 1. The number of hydrogen-bond donors (Lipinski definition) is 1. The number of alkyl halides is 3. The summed E-state index contributed by atoms with van der Waals surface area (Å²) in [5, 5.41) is 11.4. The molecular weight excluding hydrogens is 554 g/mol. The van der Waals surface area contributed by atoms with Crippen LogP contribution < -0.4 is 5.32 Å². The molecule has 0 saturated heterocycles. The Morgan fingerprint density at radius 1 is 1.05 bits per heavy atom. The fraction of sp³-hybridized carbons (Fsp3) is 0.321. The summed E-state index contributed by atoms with van der Waals surface area (Å²) < 4.78 is 59.6. The van der Waals surface area contributed by atoms with Crippen LogP contribution in [0.1, 0.15) is 61.5 Å². The molecule has 10 nitrogen and oxygen atoms in total. The van der Waals surface area contributed by atoms with Crippen LogP contribution in [0.4, 0.5) is 23.2 Å². The molecule has 14 heteroatoms. The quantitative estimate of drug-likeness (QED) is 0.296. The fourth-order valence-corrected chi connectivity index (χ4v) is 5.71. The van der Waals surface area contributed by atoms with Crippen LogP contribution in [0.2, 0.25) is 0 Å². The number of nitrogens with one attached hydrogen (secondary N) is 1. The minimum absolute atomic E-state index is 0.0711. The van der Waals surface area contributed by atoms with E-state index in [1.54, 1.807) is 0 Å². The van der Waals surface area contributed by atoms with Gasteiger partial charge in [-0.2, -0.15) is 22.7 Å². The van der Waals surface area contributed by atoms with Crippen molar-refractivity contribution in [2.45, 2.75) is 56.2 Å². The summed E-state index contributed by atoms with van der Waals surface area (Å²) in [6, 6.07) is 5.37. The van der Waals surface area contributed by atoms with Gasteiger partial charge in [-0.25, -0.2) is 19.5 Å². The molecule has 0 unspecified atom stereocenters. The zero-order valence-corrected chi connectivity index (χ0v) is 22.4. The third kappa shape index (κ3) is 4.11. The number of carbonyl (C=O) groups excluding carboxylic acids is 1. The molecule has 2 aliphatic carbocycles. The van der Waals surface area contributed by atoms with E-state index in [9.17, 15) is 22.4 Å². The molecule has 0 aliphatic heterocycles. The van der Waals surface area contributed by atoms with Crippen LogP contribution >= 0.6 is 0 Å². The van der Waals surface area contributed by atoms with Gasteiger partial charge in [0.05, 0.1) is 45.7 Å². The summed E-state index contributed by atoms with van der Waals surface area (Å²) in [6.07, 6.45) is 4.58. The molecule has 0 bridgehead atoms. The standard InChI is InChI=1S/C28H23F4N9O/c1-26(5-6-26)40-9-4-19(38-40)27(2)12-16(17-14-35-21-11-20(29)39-41(21)23(17)27)25(42)37-15-10-18(28(30,31)32)22(36-13-15)24-33-7-3-8-34-24/h3-4,7-11,13-14,16H,5-6,12H2,1-2H3,(H,37,42)/t16-,27+/m0/s1. The lowest BCUT2D eigenvalue weighted by atomic mass is 9.82. The minimum atomic E-state index is -4.78. The van der Waals surface area contributed by atoms with Crippen molar-refractivity contribution in [3.05, 3.63) is 83.7 Å². The van der Waals surface area contributed by atoms with Gasteiger partial charge in [0.15, 0.2) is 11.5 Å². The van der Waals surface area contributed by atoms with Gasteiger partial charge in [0.1, 0.15) is 5.69 Å². The monoisotopic (exact) mass is 577 g/mol. The maximum Gasteiger partial charge on any atom is 0.418 e. The number of nitrogens with zero attached hydrogens (tertiary/aromatic N) is 8. The van der Waals surface area contributed by atoms with E-state index in [2.05, 4.69) is 37.3 Å². The second-order valence-electron chi connectivity index (χ2n) is 11.2. The van der Waals surface area contributed by atoms with Gasteiger partial charge in [0, 0.05) is 36.4 Å². The average molecular weight is 578 g/mol. The number of anilines is 1. The number of aromatic nitrogens is 8. The van der Waals surface area contributed by atoms with Crippen LogP contribution in [0.15, 0.2) is 55.2 Å². The first kappa shape index (κ1) is 26.2. The van der Waals surface area contributed by atoms with Crippen LogP contribution in [0.5, 0.6) is 0 Å². The third-order valence-corrected chi connectivity index (χ3v) is 8.23. The number of hydrogen-bond acceptors (Lipinski definition) is 7. The first-order chi connectivity index (χ1) is 20.0. The minimum Gasteiger partial charge on any atom is -0.324 e. The molecule has 5 aromatic rings. The number of halogens is 4. The Kier molecular flexibility index (Phi) is 5.53. The van der Waals surface area contributed by atoms with E-state index in [0.29, 0.717) is 17.0 Å². The summed E-state index contributed by atoms with van der Waals surface area (Å²) in [5.41, 5.74) is -0.661. The van der Waals surface area contributed by atoms with Crippen LogP contribution in [0, 0.1) is 5.95 Å². The first-order valence-electron chi connectivity index (χ1n) is 13.2. The van der Waals surface area contributed by atoms with Crippen molar-refractivity contribution in [2.24, 2.45) is 0 Å². The normalized spacial score (nSPS) is 21.0. The SMILES string of the molecule is CC1(n2ccc([C@@]3(C)C[C@H](C(=O)Nc4cnc(-c5ncccn5)c(C(F)(F)F)c4)c4cnc5cc(F)nn5c43)n2)CC1. The predicted molar refractivity (Wildman–Crippen MR) is 141 cm³/mol. The van der Waals surface area contributed by atoms with Gasteiger partial charge in [-0.05, 0) is 51.3 Å². The van der Waals surface area contributed by atoms with Crippen LogP contribution in [0.25, 0.3) is 17.2 Å². The molecule has 5 aromatic heterocycles. The molecule has 1 saturated carbocycles. The highest BCUT2D eigenvalue weighted by molar-refractivity contribution is 5.97. The van der Waals surface area contributed by atoms with Crippen molar-refractivity contribution in [3.8, 4) is 11.5 Å².